The van der Waals surface area contributed by atoms with Crippen LogP contribution in [-0.4, -0.2) is 11.9 Å². The molecule has 0 heterocycles. The van der Waals surface area contributed by atoms with E-state index in [4.69, 9.17) is 11.5 Å². The lowest BCUT2D eigenvalue weighted by atomic mass is 10.1. The van der Waals surface area contributed by atoms with E-state index in [0.29, 0.717) is 0 Å². The lowest BCUT2D eigenvalue weighted by molar-refractivity contribution is -0.119. The molecule has 4 heteroatoms. The normalized spacial score (nSPS) is 20.4. The molecule has 2 rings (SSSR count). The van der Waals surface area contributed by atoms with Crippen LogP contribution in [0.2, 0.25) is 0 Å². The number of carbonyl (C=O) groups is 1. The molecule has 1 aliphatic carbocycles. The Kier molecular flexibility index (Phi) is 2.83. The molecule has 0 radical (unpaired) electrons. The van der Waals surface area contributed by atoms with Crippen LogP contribution in [0.25, 0.3) is 0 Å². The van der Waals surface area contributed by atoms with Gasteiger partial charge in [0.25, 0.3) is 0 Å². The molecule has 0 spiro atoms. The summed E-state index contributed by atoms with van der Waals surface area (Å²) >= 11 is 0. The minimum absolute atomic E-state index is 0.220. The first kappa shape index (κ1) is 11.0. The third kappa shape index (κ3) is 2.02. The molecule has 0 saturated heterocycles. The number of carbonyl (C=O) groups excluding carboxylic acids is 1. The van der Waals surface area contributed by atoms with Crippen LogP contribution >= 0.6 is 0 Å². The number of hydrogen-bond acceptors (Lipinski definition) is 3. The fraction of sp³-hybridized carbons (Fsp3) is 0.417. The average Bonchev–Trinajstić information content (AvgIpc) is 2.60. The van der Waals surface area contributed by atoms with Gasteiger partial charge in [0.2, 0.25) is 5.91 Å². The number of primary amides is 1. The van der Waals surface area contributed by atoms with E-state index in [-0.39, 0.29) is 18.0 Å². The van der Waals surface area contributed by atoms with Crippen molar-refractivity contribution in [1.82, 2.24) is 5.32 Å². The van der Waals surface area contributed by atoms with Crippen molar-refractivity contribution in [1.29, 1.82) is 0 Å². The van der Waals surface area contributed by atoms with Gasteiger partial charge in [-0.15, -0.1) is 0 Å². The average molecular weight is 219 g/mol. The Labute approximate surface area is 95.0 Å². The quantitative estimate of drug-likeness (QED) is 0.655. The minimum Gasteiger partial charge on any atom is -0.399 e. The van der Waals surface area contributed by atoms with E-state index < -0.39 is 0 Å². The number of nitrogens with two attached hydrogens (primary N) is 2. The zero-order chi connectivity index (χ0) is 11.7. The number of nitrogen functional groups attached to an aromatic ring is 1. The second-order valence-corrected chi connectivity index (χ2v) is 4.34. The molecule has 16 heavy (non-hydrogen) atoms. The fourth-order valence-corrected chi connectivity index (χ4v) is 2.19. The molecule has 0 aromatic heterocycles. The molecule has 86 valence electrons. The van der Waals surface area contributed by atoms with E-state index in [1.54, 1.807) is 6.92 Å². The molecule has 2 unspecified atom stereocenters. The SMILES string of the molecule is CC(NC1CCc2cc(N)ccc21)C(N)=O. The Bertz CT molecular complexity index is 417. The number of rotatable bonds is 3. The highest BCUT2D eigenvalue weighted by Gasteiger charge is 2.24. The summed E-state index contributed by atoms with van der Waals surface area (Å²) < 4.78 is 0. The van der Waals surface area contributed by atoms with E-state index in [2.05, 4.69) is 5.32 Å². The first-order valence-electron chi connectivity index (χ1n) is 5.51. The van der Waals surface area contributed by atoms with Gasteiger partial charge in [0.1, 0.15) is 0 Å². The summed E-state index contributed by atoms with van der Waals surface area (Å²) in [5.41, 5.74) is 14.3. The molecule has 0 bridgehead atoms. The van der Waals surface area contributed by atoms with Crippen LogP contribution in [-0.2, 0) is 11.2 Å². The van der Waals surface area contributed by atoms with Gasteiger partial charge < -0.3 is 11.5 Å². The van der Waals surface area contributed by atoms with Crippen LogP contribution in [0, 0.1) is 0 Å². The van der Waals surface area contributed by atoms with E-state index >= 15 is 0 Å². The van der Waals surface area contributed by atoms with E-state index in [1.807, 2.05) is 18.2 Å². The van der Waals surface area contributed by atoms with Crippen LogP contribution in [0.1, 0.15) is 30.5 Å². The van der Waals surface area contributed by atoms with Crippen molar-refractivity contribution in [2.24, 2.45) is 5.73 Å². The van der Waals surface area contributed by atoms with Crippen molar-refractivity contribution in [3.05, 3.63) is 29.3 Å². The highest BCUT2D eigenvalue weighted by atomic mass is 16.1. The van der Waals surface area contributed by atoms with E-state index in [1.165, 1.54) is 11.1 Å². The Hall–Kier alpha value is -1.55. The summed E-state index contributed by atoms with van der Waals surface area (Å²) in [5.74, 6) is -0.316. The van der Waals surface area contributed by atoms with Gasteiger partial charge in [-0.1, -0.05) is 6.07 Å². The number of fused-ring (bicyclic) bond motifs is 1. The maximum Gasteiger partial charge on any atom is 0.234 e. The molecule has 4 nitrogen and oxygen atoms in total. The van der Waals surface area contributed by atoms with Gasteiger partial charge in [-0.3, -0.25) is 10.1 Å². The lowest BCUT2D eigenvalue weighted by Gasteiger charge is -2.17. The zero-order valence-corrected chi connectivity index (χ0v) is 9.36. The molecule has 1 aromatic rings. The second-order valence-electron chi connectivity index (χ2n) is 4.34. The van der Waals surface area contributed by atoms with Crippen LogP contribution in [0.4, 0.5) is 5.69 Å². The Morgan fingerprint density at radius 2 is 2.31 bits per heavy atom. The Balaban J connectivity index is 2.15. The molecule has 1 amide bonds. The van der Waals surface area contributed by atoms with Crippen molar-refractivity contribution < 1.29 is 4.79 Å². The smallest absolute Gasteiger partial charge is 0.234 e. The van der Waals surface area contributed by atoms with Crippen LogP contribution in [0.3, 0.4) is 0 Å². The third-order valence-corrected chi connectivity index (χ3v) is 3.12. The van der Waals surface area contributed by atoms with Gasteiger partial charge in [-0.05, 0) is 43.0 Å². The number of hydrogen-bond donors (Lipinski definition) is 3. The van der Waals surface area contributed by atoms with Crippen molar-refractivity contribution >= 4 is 11.6 Å². The second kappa shape index (κ2) is 4.14. The Morgan fingerprint density at radius 3 is 3.00 bits per heavy atom. The zero-order valence-electron chi connectivity index (χ0n) is 9.36. The van der Waals surface area contributed by atoms with Gasteiger partial charge in [0, 0.05) is 11.7 Å². The van der Waals surface area contributed by atoms with Gasteiger partial charge in [-0.2, -0.15) is 0 Å². The van der Waals surface area contributed by atoms with Crippen molar-refractivity contribution in [2.45, 2.75) is 31.8 Å². The summed E-state index contributed by atoms with van der Waals surface area (Å²) in [6, 6.07) is 5.86. The summed E-state index contributed by atoms with van der Waals surface area (Å²) in [7, 11) is 0. The summed E-state index contributed by atoms with van der Waals surface area (Å²) in [6.07, 6.45) is 2.00. The number of benzene rings is 1. The number of nitrogens with one attached hydrogen (secondary N) is 1. The maximum atomic E-state index is 11.0. The number of aryl methyl sites for hydroxylation is 1. The predicted molar refractivity (Wildman–Crippen MR) is 63.7 cm³/mol. The molecule has 2 atom stereocenters. The van der Waals surface area contributed by atoms with Gasteiger partial charge in [0.15, 0.2) is 0 Å². The predicted octanol–water partition coefficient (Wildman–Crippen LogP) is 0.720. The van der Waals surface area contributed by atoms with Crippen LogP contribution in [0.15, 0.2) is 18.2 Å². The molecule has 0 saturated carbocycles. The highest BCUT2D eigenvalue weighted by molar-refractivity contribution is 5.79. The maximum absolute atomic E-state index is 11.0. The first-order chi connectivity index (χ1) is 7.58. The van der Waals surface area contributed by atoms with Crippen LogP contribution in [0.5, 0.6) is 0 Å². The largest absolute Gasteiger partial charge is 0.399 e. The fourth-order valence-electron chi connectivity index (χ4n) is 2.19. The molecule has 1 aliphatic rings. The van der Waals surface area contributed by atoms with E-state index in [9.17, 15) is 4.79 Å². The molecule has 0 aliphatic heterocycles. The lowest BCUT2D eigenvalue weighted by Crippen LogP contribution is -2.40. The van der Waals surface area contributed by atoms with Crippen molar-refractivity contribution in [3.8, 4) is 0 Å². The molecular formula is C12H17N3O. The minimum atomic E-state index is -0.316. The topological polar surface area (TPSA) is 81.1 Å². The third-order valence-electron chi connectivity index (χ3n) is 3.12. The summed E-state index contributed by atoms with van der Waals surface area (Å²) in [5, 5.41) is 3.24. The molecular weight excluding hydrogens is 202 g/mol. The monoisotopic (exact) mass is 219 g/mol. The molecule has 0 fully saturated rings. The first-order valence-corrected chi connectivity index (χ1v) is 5.51. The van der Waals surface area contributed by atoms with Crippen LogP contribution < -0.4 is 16.8 Å². The highest BCUT2D eigenvalue weighted by Crippen LogP contribution is 2.32. The number of anilines is 1. The number of amides is 1. The standard InChI is InChI=1S/C12H17N3O/c1-7(12(14)16)15-11-5-2-8-6-9(13)3-4-10(8)11/h3-4,6-7,11,15H,2,5,13H2,1H3,(H2,14,16). The Morgan fingerprint density at radius 1 is 1.56 bits per heavy atom. The van der Waals surface area contributed by atoms with Crippen molar-refractivity contribution in [2.75, 3.05) is 5.73 Å². The van der Waals surface area contributed by atoms with Crippen molar-refractivity contribution in [3.63, 3.8) is 0 Å². The summed E-state index contributed by atoms with van der Waals surface area (Å²) in [4.78, 5) is 11.0. The van der Waals surface area contributed by atoms with Gasteiger partial charge in [0.05, 0.1) is 6.04 Å². The summed E-state index contributed by atoms with van der Waals surface area (Å²) in [6.45, 7) is 1.79. The molecule has 5 N–H and O–H groups in total. The van der Waals surface area contributed by atoms with E-state index in [0.717, 1.165) is 18.5 Å². The molecule has 1 aromatic carbocycles. The van der Waals surface area contributed by atoms with Gasteiger partial charge >= 0.3 is 0 Å². The van der Waals surface area contributed by atoms with Gasteiger partial charge in [-0.25, -0.2) is 0 Å².